The van der Waals surface area contributed by atoms with Crippen LogP contribution in [0.3, 0.4) is 0 Å². The van der Waals surface area contributed by atoms with Crippen molar-refractivity contribution < 1.29 is 4.74 Å². The Hall–Kier alpha value is -0.120. The van der Waals surface area contributed by atoms with Crippen molar-refractivity contribution in [1.29, 1.82) is 0 Å². The summed E-state index contributed by atoms with van der Waals surface area (Å²) in [7, 11) is 1.81. The highest BCUT2D eigenvalue weighted by Gasteiger charge is 2.25. The third kappa shape index (κ3) is 4.94. The molecule has 0 aromatic carbocycles. The van der Waals surface area contributed by atoms with E-state index < -0.39 is 0 Å². The summed E-state index contributed by atoms with van der Waals surface area (Å²) >= 11 is 0. The first-order valence-electron chi connectivity index (χ1n) is 7.15. The van der Waals surface area contributed by atoms with E-state index in [2.05, 4.69) is 31.0 Å². The molecule has 2 atom stereocenters. The van der Waals surface area contributed by atoms with Gasteiger partial charge < -0.3 is 10.1 Å². The summed E-state index contributed by atoms with van der Waals surface area (Å²) in [5, 5.41) is 3.60. The van der Waals surface area contributed by atoms with Gasteiger partial charge in [0.1, 0.15) is 0 Å². The Balaban J connectivity index is 2.27. The van der Waals surface area contributed by atoms with E-state index >= 15 is 0 Å². The molecule has 1 rings (SSSR count). The SMILES string of the molecule is CCCNC(C)C(C)N1CCC(COC)CC1. The fraction of sp³-hybridized carbons (Fsp3) is 1.00. The monoisotopic (exact) mass is 242 g/mol. The van der Waals surface area contributed by atoms with E-state index in [4.69, 9.17) is 4.74 Å². The molecule has 1 heterocycles. The van der Waals surface area contributed by atoms with Crippen LogP contribution < -0.4 is 5.32 Å². The first-order chi connectivity index (χ1) is 8.19. The van der Waals surface area contributed by atoms with Crippen LogP contribution in [0.2, 0.25) is 0 Å². The Kier molecular flexibility index (Phi) is 7.09. The Morgan fingerprint density at radius 1 is 1.29 bits per heavy atom. The van der Waals surface area contributed by atoms with Crippen LogP contribution >= 0.6 is 0 Å². The highest BCUT2D eigenvalue weighted by molar-refractivity contribution is 4.82. The van der Waals surface area contributed by atoms with Crippen LogP contribution in [0.5, 0.6) is 0 Å². The minimum atomic E-state index is 0.592. The summed E-state index contributed by atoms with van der Waals surface area (Å²) in [4.78, 5) is 2.62. The fourth-order valence-corrected chi connectivity index (χ4v) is 2.62. The van der Waals surface area contributed by atoms with Crippen LogP contribution in [-0.2, 0) is 4.74 Å². The standard InChI is InChI=1S/C14H30N2O/c1-5-8-15-12(2)13(3)16-9-6-14(7-10-16)11-17-4/h12-15H,5-11H2,1-4H3. The zero-order valence-electron chi connectivity index (χ0n) is 12.0. The molecule has 1 aliphatic heterocycles. The summed E-state index contributed by atoms with van der Waals surface area (Å²) in [5.41, 5.74) is 0. The lowest BCUT2D eigenvalue weighted by atomic mass is 9.95. The number of methoxy groups -OCH3 is 1. The van der Waals surface area contributed by atoms with Gasteiger partial charge >= 0.3 is 0 Å². The zero-order valence-corrected chi connectivity index (χ0v) is 12.0. The third-order valence-electron chi connectivity index (χ3n) is 4.07. The highest BCUT2D eigenvalue weighted by atomic mass is 16.5. The molecule has 0 aromatic heterocycles. The summed E-state index contributed by atoms with van der Waals surface area (Å²) < 4.78 is 5.25. The van der Waals surface area contributed by atoms with Gasteiger partial charge in [-0.15, -0.1) is 0 Å². The van der Waals surface area contributed by atoms with Gasteiger partial charge in [0, 0.05) is 25.8 Å². The second-order valence-electron chi connectivity index (χ2n) is 5.42. The van der Waals surface area contributed by atoms with Gasteiger partial charge in [0.2, 0.25) is 0 Å². The Bertz CT molecular complexity index is 191. The normalized spacial score (nSPS) is 22.6. The fourth-order valence-electron chi connectivity index (χ4n) is 2.62. The molecule has 3 heteroatoms. The van der Waals surface area contributed by atoms with Gasteiger partial charge in [0.15, 0.2) is 0 Å². The van der Waals surface area contributed by atoms with Crippen molar-refractivity contribution in [3.63, 3.8) is 0 Å². The molecular weight excluding hydrogens is 212 g/mol. The largest absolute Gasteiger partial charge is 0.384 e. The summed E-state index contributed by atoms with van der Waals surface area (Å²) in [6.07, 6.45) is 3.80. The van der Waals surface area contributed by atoms with Crippen molar-refractivity contribution in [2.75, 3.05) is 33.4 Å². The van der Waals surface area contributed by atoms with E-state index in [1.165, 1.54) is 32.4 Å². The predicted molar refractivity (Wildman–Crippen MR) is 73.4 cm³/mol. The molecule has 0 aliphatic carbocycles. The van der Waals surface area contributed by atoms with Gasteiger partial charge in [-0.2, -0.15) is 0 Å². The van der Waals surface area contributed by atoms with E-state index in [1.54, 1.807) is 0 Å². The first kappa shape index (κ1) is 14.9. The summed E-state index contributed by atoms with van der Waals surface area (Å²) in [6.45, 7) is 11.4. The van der Waals surface area contributed by atoms with Crippen molar-refractivity contribution >= 4 is 0 Å². The number of likely N-dealkylation sites (tertiary alicyclic amines) is 1. The molecule has 1 N–H and O–H groups in total. The van der Waals surface area contributed by atoms with Crippen LogP contribution in [0.15, 0.2) is 0 Å². The van der Waals surface area contributed by atoms with E-state index in [1.807, 2.05) is 7.11 Å². The minimum Gasteiger partial charge on any atom is -0.384 e. The molecule has 102 valence electrons. The molecule has 1 fully saturated rings. The minimum absolute atomic E-state index is 0.592. The number of nitrogens with one attached hydrogen (secondary N) is 1. The van der Waals surface area contributed by atoms with Crippen molar-refractivity contribution in [3.05, 3.63) is 0 Å². The van der Waals surface area contributed by atoms with Gasteiger partial charge in [-0.1, -0.05) is 6.92 Å². The molecule has 17 heavy (non-hydrogen) atoms. The van der Waals surface area contributed by atoms with Gasteiger partial charge in [-0.05, 0) is 58.7 Å². The van der Waals surface area contributed by atoms with Crippen LogP contribution in [0, 0.1) is 5.92 Å². The number of piperidine rings is 1. The Labute approximate surface area is 107 Å². The lowest BCUT2D eigenvalue weighted by Gasteiger charge is -2.38. The molecule has 2 unspecified atom stereocenters. The molecular formula is C14H30N2O. The molecule has 0 spiro atoms. The molecule has 0 amide bonds. The van der Waals surface area contributed by atoms with E-state index in [9.17, 15) is 0 Å². The zero-order chi connectivity index (χ0) is 12.7. The summed E-state index contributed by atoms with van der Waals surface area (Å²) in [6, 6.07) is 1.24. The second kappa shape index (κ2) is 8.06. The smallest absolute Gasteiger partial charge is 0.0491 e. The third-order valence-corrected chi connectivity index (χ3v) is 4.07. The maximum absolute atomic E-state index is 5.25. The highest BCUT2D eigenvalue weighted by Crippen LogP contribution is 2.20. The summed E-state index contributed by atoms with van der Waals surface area (Å²) in [5.74, 6) is 0.780. The Morgan fingerprint density at radius 3 is 2.47 bits per heavy atom. The van der Waals surface area contributed by atoms with Crippen LogP contribution in [0.25, 0.3) is 0 Å². The van der Waals surface area contributed by atoms with Crippen molar-refractivity contribution in [2.45, 2.75) is 52.1 Å². The van der Waals surface area contributed by atoms with Crippen LogP contribution in [0.4, 0.5) is 0 Å². The second-order valence-corrected chi connectivity index (χ2v) is 5.42. The topological polar surface area (TPSA) is 24.5 Å². The number of ether oxygens (including phenoxy) is 1. The number of rotatable bonds is 7. The maximum Gasteiger partial charge on any atom is 0.0491 e. The molecule has 1 aliphatic rings. The molecule has 0 bridgehead atoms. The van der Waals surface area contributed by atoms with Crippen molar-refractivity contribution in [2.24, 2.45) is 5.92 Å². The van der Waals surface area contributed by atoms with Crippen molar-refractivity contribution in [3.8, 4) is 0 Å². The Morgan fingerprint density at radius 2 is 1.94 bits per heavy atom. The lowest BCUT2D eigenvalue weighted by molar-refractivity contribution is 0.0750. The number of nitrogens with zero attached hydrogens (tertiary/aromatic N) is 1. The van der Waals surface area contributed by atoms with E-state index in [0.717, 1.165) is 19.1 Å². The van der Waals surface area contributed by atoms with E-state index in [0.29, 0.717) is 12.1 Å². The van der Waals surface area contributed by atoms with Crippen LogP contribution in [0.1, 0.15) is 40.0 Å². The molecule has 0 aromatic rings. The number of hydrogen-bond donors (Lipinski definition) is 1. The molecule has 0 saturated carbocycles. The average Bonchev–Trinajstić information content (AvgIpc) is 2.36. The average molecular weight is 242 g/mol. The van der Waals surface area contributed by atoms with Gasteiger partial charge in [-0.25, -0.2) is 0 Å². The molecule has 0 radical (unpaired) electrons. The molecule has 3 nitrogen and oxygen atoms in total. The molecule has 1 saturated heterocycles. The quantitative estimate of drug-likeness (QED) is 0.740. The predicted octanol–water partition coefficient (Wildman–Crippen LogP) is 2.12. The van der Waals surface area contributed by atoms with Crippen LogP contribution in [-0.4, -0.2) is 50.3 Å². The lowest BCUT2D eigenvalue weighted by Crippen LogP contribution is -2.50. The maximum atomic E-state index is 5.25. The first-order valence-corrected chi connectivity index (χ1v) is 7.15. The van der Waals surface area contributed by atoms with E-state index in [-0.39, 0.29) is 0 Å². The van der Waals surface area contributed by atoms with Crippen molar-refractivity contribution in [1.82, 2.24) is 10.2 Å². The van der Waals surface area contributed by atoms with Gasteiger partial charge in [-0.3, -0.25) is 4.90 Å². The van der Waals surface area contributed by atoms with Gasteiger partial charge in [0.05, 0.1) is 0 Å². The number of hydrogen-bond acceptors (Lipinski definition) is 3. The van der Waals surface area contributed by atoms with Gasteiger partial charge in [0.25, 0.3) is 0 Å².